The third kappa shape index (κ3) is 3.08. The highest BCUT2D eigenvalue weighted by Crippen LogP contribution is 2.31. The summed E-state index contributed by atoms with van der Waals surface area (Å²) < 4.78 is 2.33. The van der Waals surface area contributed by atoms with Gasteiger partial charge in [0.15, 0.2) is 0 Å². The van der Waals surface area contributed by atoms with E-state index in [0.717, 1.165) is 34.6 Å². The minimum absolute atomic E-state index is 0.433. The number of hydrogen-bond donors (Lipinski definition) is 0. The van der Waals surface area contributed by atoms with E-state index in [2.05, 4.69) is 77.4 Å². The average Bonchev–Trinajstić information content (AvgIpc) is 2.90. The number of aryl methyl sites for hydroxylation is 3. The maximum Gasteiger partial charge on any atom is 0.0917 e. The van der Waals surface area contributed by atoms with Gasteiger partial charge in [0.25, 0.3) is 0 Å². The van der Waals surface area contributed by atoms with E-state index in [-0.39, 0.29) is 0 Å². The summed E-state index contributed by atoms with van der Waals surface area (Å²) in [5.41, 5.74) is 9.30. The smallest absolute Gasteiger partial charge is 0.0917 e. The van der Waals surface area contributed by atoms with E-state index in [1.54, 1.807) is 0 Å². The van der Waals surface area contributed by atoms with E-state index >= 15 is 0 Å². The third-order valence-electron chi connectivity index (χ3n) is 4.96. The Balaban J connectivity index is 2.24. The maximum atomic E-state index is 5.09. The van der Waals surface area contributed by atoms with Crippen LogP contribution in [0.25, 0.3) is 22.3 Å². The van der Waals surface area contributed by atoms with Crippen molar-refractivity contribution in [3.05, 3.63) is 46.9 Å². The van der Waals surface area contributed by atoms with Crippen molar-refractivity contribution in [2.45, 2.75) is 66.8 Å². The quantitative estimate of drug-likeness (QED) is 0.587. The Labute approximate surface area is 151 Å². The first kappa shape index (κ1) is 17.7. The molecule has 0 bridgehead atoms. The molecule has 3 heterocycles. The van der Waals surface area contributed by atoms with Crippen LogP contribution in [0.15, 0.2) is 24.4 Å². The number of aromatic nitrogens is 3. The number of fused-ring (bicyclic) bond motifs is 1. The van der Waals surface area contributed by atoms with Crippen molar-refractivity contribution in [3.8, 4) is 11.3 Å². The lowest BCUT2D eigenvalue weighted by Crippen LogP contribution is -2.02. The van der Waals surface area contributed by atoms with Crippen molar-refractivity contribution in [2.24, 2.45) is 0 Å². The van der Waals surface area contributed by atoms with E-state index < -0.39 is 0 Å². The summed E-state index contributed by atoms with van der Waals surface area (Å²) in [5.74, 6) is 0.441. The van der Waals surface area contributed by atoms with Gasteiger partial charge in [0.2, 0.25) is 0 Å². The lowest BCUT2D eigenvalue weighted by atomic mass is 10.00. The van der Waals surface area contributed by atoms with Crippen LogP contribution in [0, 0.1) is 13.8 Å². The molecule has 25 heavy (non-hydrogen) atoms. The highest BCUT2D eigenvalue weighted by atomic mass is 15.0. The normalized spacial score (nSPS) is 11.9. The van der Waals surface area contributed by atoms with Crippen LogP contribution in [0.1, 0.15) is 69.1 Å². The minimum atomic E-state index is 0.433. The molecule has 3 aromatic heterocycles. The van der Waals surface area contributed by atoms with Gasteiger partial charge < -0.3 is 4.57 Å². The van der Waals surface area contributed by atoms with Gasteiger partial charge in [-0.15, -0.1) is 0 Å². The molecule has 0 N–H and O–H groups in total. The predicted octanol–water partition coefficient (Wildman–Crippen LogP) is 5.98. The SMILES string of the molecule is CCc1cc2c(nc1-c1ccc(C(C)C)nc1C)c(C)cn2C(C)C. The summed E-state index contributed by atoms with van der Waals surface area (Å²) >= 11 is 0. The Morgan fingerprint density at radius 3 is 2.32 bits per heavy atom. The van der Waals surface area contributed by atoms with Gasteiger partial charge in [0.1, 0.15) is 0 Å². The van der Waals surface area contributed by atoms with Crippen molar-refractivity contribution in [1.82, 2.24) is 14.5 Å². The number of rotatable bonds is 4. The number of hydrogen-bond acceptors (Lipinski definition) is 2. The Bertz CT molecular complexity index is 917. The zero-order chi connectivity index (χ0) is 18.3. The highest BCUT2D eigenvalue weighted by Gasteiger charge is 2.16. The second-order valence-electron chi connectivity index (χ2n) is 7.55. The molecule has 0 saturated heterocycles. The van der Waals surface area contributed by atoms with Gasteiger partial charge in [0.05, 0.1) is 16.7 Å². The van der Waals surface area contributed by atoms with Gasteiger partial charge >= 0.3 is 0 Å². The van der Waals surface area contributed by atoms with Gasteiger partial charge in [-0.05, 0) is 69.4 Å². The topological polar surface area (TPSA) is 30.7 Å². The zero-order valence-electron chi connectivity index (χ0n) is 16.5. The van der Waals surface area contributed by atoms with Crippen LogP contribution in [0.4, 0.5) is 0 Å². The fourth-order valence-corrected chi connectivity index (χ4v) is 3.45. The van der Waals surface area contributed by atoms with Crippen LogP contribution in [-0.2, 0) is 6.42 Å². The van der Waals surface area contributed by atoms with Crippen LogP contribution in [0.5, 0.6) is 0 Å². The molecule has 0 aliphatic heterocycles. The molecular formula is C22H29N3. The van der Waals surface area contributed by atoms with E-state index in [0.29, 0.717) is 12.0 Å². The van der Waals surface area contributed by atoms with Crippen molar-refractivity contribution in [2.75, 3.05) is 0 Å². The second kappa shape index (κ2) is 6.62. The fourth-order valence-electron chi connectivity index (χ4n) is 3.45. The van der Waals surface area contributed by atoms with Crippen LogP contribution in [0.2, 0.25) is 0 Å². The predicted molar refractivity (Wildman–Crippen MR) is 106 cm³/mol. The van der Waals surface area contributed by atoms with E-state index in [4.69, 9.17) is 9.97 Å². The molecular weight excluding hydrogens is 306 g/mol. The first-order valence-electron chi connectivity index (χ1n) is 9.32. The van der Waals surface area contributed by atoms with E-state index in [1.807, 2.05) is 0 Å². The highest BCUT2D eigenvalue weighted by molar-refractivity contribution is 5.84. The lowest BCUT2D eigenvalue weighted by Gasteiger charge is -2.14. The third-order valence-corrected chi connectivity index (χ3v) is 4.96. The van der Waals surface area contributed by atoms with Crippen molar-refractivity contribution >= 4 is 11.0 Å². The molecule has 3 heteroatoms. The van der Waals surface area contributed by atoms with Crippen LogP contribution < -0.4 is 0 Å². The first-order chi connectivity index (χ1) is 11.8. The monoisotopic (exact) mass is 335 g/mol. The first-order valence-corrected chi connectivity index (χ1v) is 9.32. The standard InChI is InChI=1S/C22H29N3/c1-8-17-11-20-21(15(6)12-25(20)14(4)5)24-22(17)18-9-10-19(13(2)3)23-16(18)7/h9-14H,8H2,1-7H3. The summed E-state index contributed by atoms with van der Waals surface area (Å²) in [6.45, 7) is 15.2. The summed E-state index contributed by atoms with van der Waals surface area (Å²) in [5, 5.41) is 0. The molecule has 0 radical (unpaired) electrons. The molecule has 0 aromatic carbocycles. The molecule has 3 aromatic rings. The molecule has 0 fully saturated rings. The van der Waals surface area contributed by atoms with Gasteiger partial charge in [0, 0.05) is 29.2 Å². The minimum Gasteiger partial charge on any atom is -0.343 e. The molecule has 0 unspecified atom stereocenters. The van der Waals surface area contributed by atoms with Gasteiger partial charge in [-0.2, -0.15) is 0 Å². The fraction of sp³-hybridized carbons (Fsp3) is 0.455. The number of pyridine rings is 2. The van der Waals surface area contributed by atoms with Gasteiger partial charge in [-0.1, -0.05) is 20.8 Å². The summed E-state index contributed by atoms with van der Waals surface area (Å²) in [7, 11) is 0. The molecule has 132 valence electrons. The maximum absolute atomic E-state index is 5.09. The van der Waals surface area contributed by atoms with Crippen molar-refractivity contribution in [3.63, 3.8) is 0 Å². The Morgan fingerprint density at radius 2 is 1.76 bits per heavy atom. The van der Waals surface area contributed by atoms with Gasteiger partial charge in [-0.25, -0.2) is 4.98 Å². The van der Waals surface area contributed by atoms with Crippen LogP contribution in [-0.4, -0.2) is 14.5 Å². The molecule has 0 aliphatic carbocycles. The molecule has 3 nitrogen and oxygen atoms in total. The van der Waals surface area contributed by atoms with Crippen LogP contribution >= 0.6 is 0 Å². The summed E-state index contributed by atoms with van der Waals surface area (Å²) in [6.07, 6.45) is 3.19. The van der Waals surface area contributed by atoms with Crippen molar-refractivity contribution < 1.29 is 0 Å². The Morgan fingerprint density at radius 1 is 1.04 bits per heavy atom. The zero-order valence-corrected chi connectivity index (χ0v) is 16.5. The van der Waals surface area contributed by atoms with Crippen molar-refractivity contribution in [1.29, 1.82) is 0 Å². The molecule has 0 spiro atoms. The van der Waals surface area contributed by atoms with Crippen LogP contribution in [0.3, 0.4) is 0 Å². The summed E-state index contributed by atoms with van der Waals surface area (Å²) in [4.78, 5) is 9.91. The van der Waals surface area contributed by atoms with E-state index in [9.17, 15) is 0 Å². The molecule has 3 rings (SSSR count). The number of nitrogens with zero attached hydrogens (tertiary/aromatic N) is 3. The summed E-state index contributed by atoms with van der Waals surface area (Å²) in [6, 6.07) is 7.09. The molecule has 0 atom stereocenters. The Kier molecular flexibility index (Phi) is 4.68. The molecule has 0 aliphatic rings. The Hall–Kier alpha value is -2.16. The average molecular weight is 335 g/mol. The largest absolute Gasteiger partial charge is 0.343 e. The molecule has 0 amide bonds. The van der Waals surface area contributed by atoms with Gasteiger partial charge in [-0.3, -0.25) is 4.98 Å². The van der Waals surface area contributed by atoms with E-state index in [1.165, 1.54) is 16.6 Å². The second-order valence-corrected chi connectivity index (χ2v) is 7.55. The lowest BCUT2D eigenvalue weighted by molar-refractivity contribution is 0.621. The molecule has 0 saturated carbocycles.